The first kappa shape index (κ1) is 22.0. The van der Waals surface area contributed by atoms with Crippen LogP contribution < -0.4 is 10.2 Å². The number of likely N-dealkylation sites (tertiary alicyclic amines) is 1. The summed E-state index contributed by atoms with van der Waals surface area (Å²) in [5, 5.41) is 3.05. The smallest absolute Gasteiger partial charge is 0.272 e. The summed E-state index contributed by atoms with van der Waals surface area (Å²) in [6.45, 7) is 5.53. The van der Waals surface area contributed by atoms with Crippen LogP contribution >= 0.6 is 11.6 Å². The number of aromatic nitrogens is 1. The molecule has 0 saturated carbocycles. The summed E-state index contributed by atoms with van der Waals surface area (Å²) in [5.74, 6) is -0.716. The summed E-state index contributed by atoms with van der Waals surface area (Å²) in [4.78, 5) is 34.9. The van der Waals surface area contributed by atoms with Crippen LogP contribution in [0.2, 0.25) is 5.02 Å². The summed E-state index contributed by atoms with van der Waals surface area (Å²) < 4.78 is 14.1. The molecule has 6 nitrogen and oxygen atoms in total. The van der Waals surface area contributed by atoms with Crippen LogP contribution in [0.5, 0.6) is 0 Å². The van der Waals surface area contributed by atoms with Crippen molar-refractivity contribution in [1.29, 1.82) is 0 Å². The Bertz CT molecular complexity index is 1410. The number of fused-ring (bicyclic) bond motifs is 3. The highest BCUT2D eigenvalue weighted by atomic mass is 35.5. The lowest BCUT2D eigenvalue weighted by atomic mass is 9.81. The molecule has 0 radical (unpaired) electrons. The molecule has 3 aromatic rings. The molecule has 1 aromatic heterocycles. The Morgan fingerprint density at radius 1 is 1.11 bits per heavy atom. The summed E-state index contributed by atoms with van der Waals surface area (Å²) in [7, 11) is 0. The Morgan fingerprint density at radius 3 is 2.71 bits per heavy atom. The maximum atomic E-state index is 14.1. The van der Waals surface area contributed by atoms with Crippen LogP contribution in [0.25, 0.3) is 0 Å². The Hall–Kier alpha value is -3.45. The van der Waals surface area contributed by atoms with E-state index in [-0.39, 0.29) is 22.3 Å². The second-order valence-corrected chi connectivity index (χ2v) is 10.6. The summed E-state index contributed by atoms with van der Waals surface area (Å²) in [6, 6.07) is 16.0. The molecule has 0 bridgehead atoms. The van der Waals surface area contributed by atoms with E-state index in [4.69, 9.17) is 16.6 Å². The predicted molar refractivity (Wildman–Crippen MR) is 133 cm³/mol. The second kappa shape index (κ2) is 7.52. The molecule has 1 saturated heterocycles. The van der Waals surface area contributed by atoms with Gasteiger partial charge in [-0.05, 0) is 48.4 Å². The van der Waals surface area contributed by atoms with Crippen LogP contribution in [-0.4, -0.2) is 41.3 Å². The molecule has 8 heteroatoms. The fraction of sp³-hybridized carbons (Fsp3) is 0.296. The van der Waals surface area contributed by atoms with E-state index in [0.717, 1.165) is 22.6 Å². The van der Waals surface area contributed by atoms with Gasteiger partial charge in [0.15, 0.2) is 0 Å². The molecule has 0 aliphatic carbocycles. The van der Waals surface area contributed by atoms with E-state index in [1.165, 1.54) is 6.07 Å². The Labute approximate surface area is 207 Å². The number of pyridine rings is 1. The molecule has 2 amide bonds. The largest absolute Gasteiger partial charge is 0.339 e. The van der Waals surface area contributed by atoms with Gasteiger partial charge < -0.3 is 15.1 Å². The van der Waals surface area contributed by atoms with Crippen LogP contribution in [0.4, 0.5) is 21.5 Å². The fourth-order valence-corrected chi connectivity index (χ4v) is 5.77. The van der Waals surface area contributed by atoms with Crippen molar-refractivity contribution in [2.24, 2.45) is 0 Å². The average molecular weight is 491 g/mol. The number of carbonyl (C=O) groups is 2. The van der Waals surface area contributed by atoms with Crippen LogP contribution in [0, 0.1) is 5.82 Å². The number of para-hydroxylation sites is 1. The van der Waals surface area contributed by atoms with Crippen molar-refractivity contribution < 1.29 is 14.0 Å². The Kier molecular flexibility index (Phi) is 4.74. The van der Waals surface area contributed by atoms with Gasteiger partial charge in [0.1, 0.15) is 11.5 Å². The van der Waals surface area contributed by atoms with Crippen molar-refractivity contribution >= 4 is 40.5 Å². The number of benzene rings is 2. The highest BCUT2D eigenvalue weighted by Gasteiger charge is 2.52. The number of carbonyl (C=O) groups excluding carboxylic acids is 2. The van der Waals surface area contributed by atoms with Crippen molar-refractivity contribution in [3.63, 3.8) is 0 Å². The molecule has 3 aliphatic heterocycles. The minimum atomic E-state index is -0.711. The quantitative estimate of drug-likeness (QED) is 0.546. The van der Waals surface area contributed by atoms with E-state index < -0.39 is 11.2 Å². The lowest BCUT2D eigenvalue weighted by Crippen LogP contribution is -2.39. The summed E-state index contributed by atoms with van der Waals surface area (Å²) in [5.41, 5.74) is 3.39. The molecule has 1 atom stereocenters. The number of nitrogens with one attached hydrogen (secondary N) is 1. The van der Waals surface area contributed by atoms with Crippen LogP contribution in [-0.2, 0) is 15.6 Å². The highest BCUT2D eigenvalue weighted by Crippen LogP contribution is 2.46. The summed E-state index contributed by atoms with van der Waals surface area (Å²) in [6.07, 6.45) is 0.577. The van der Waals surface area contributed by atoms with Gasteiger partial charge in [-0.2, -0.15) is 0 Å². The third-order valence-corrected chi connectivity index (χ3v) is 7.78. The Balaban J connectivity index is 1.30. The van der Waals surface area contributed by atoms with E-state index in [1.54, 1.807) is 23.1 Å². The molecule has 1 unspecified atom stereocenters. The first-order valence-electron chi connectivity index (χ1n) is 11.6. The van der Waals surface area contributed by atoms with E-state index in [0.29, 0.717) is 37.4 Å². The monoisotopic (exact) mass is 490 g/mol. The molecule has 3 aliphatic rings. The fourth-order valence-electron chi connectivity index (χ4n) is 5.65. The molecule has 6 rings (SSSR count). The lowest BCUT2D eigenvalue weighted by Gasteiger charge is -2.23. The zero-order valence-electron chi connectivity index (χ0n) is 19.4. The van der Waals surface area contributed by atoms with E-state index >= 15 is 0 Å². The maximum Gasteiger partial charge on any atom is 0.272 e. The number of anilines is 3. The van der Waals surface area contributed by atoms with Gasteiger partial charge >= 0.3 is 0 Å². The highest BCUT2D eigenvalue weighted by molar-refractivity contribution is 6.30. The standard InChI is InChI=1S/C27H24ClFN4O2/c1-26(2)14-33(16-7-8-18(28)19(29)13-16)22-10-9-21(30-23(22)26)24(34)32-12-11-27(15-32)17-5-3-4-6-20(17)31-25(27)35/h3-10,13H,11-12,14-15H2,1-2H3,(H,31,35). The second-order valence-electron chi connectivity index (χ2n) is 10.2. The van der Waals surface area contributed by atoms with Gasteiger partial charge in [0.05, 0.1) is 21.8 Å². The van der Waals surface area contributed by atoms with E-state index in [9.17, 15) is 14.0 Å². The SMILES string of the molecule is CC1(C)CN(c2ccc(Cl)c(F)c2)c2ccc(C(=O)N3CCC4(C3)C(=O)Nc3ccccc34)nc21. The molecule has 4 heterocycles. The zero-order valence-corrected chi connectivity index (χ0v) is 20.2. The Morgan fingerprint density at radius 2 is 1.91 bits per heavy atom. The van der Waals surface area contributed by atoms with Crippen molar-refractivity contribution in [3.05, 3.63) is 82.4 Å². The first-order chi connectivity index (χ1) is 16.7. The van der Waals surface area contributed by atoms with E-state index in [2.05, 4.69) is 19.2 Å². The minimum Gasteiger partial charge on any atom is -0.339 e. The van der Waals surface area contributed by atoms with Gasteiger partial charge in [-0.25, -0.2) is 9.37 Å². The number of amides is 2. The van der Waals surface area contributed by atoms with Crippen molar-refractivity contribution in [2.45, 2.75) is 31.1 Å². The number of hydrogen-bond acceptors (Lipinski definition) is 4. The molecule has 178 valence electrons. The van der Waals surface area contributed by atoms with Crippen molar-refractivity contribution in [1.82, 2.24) is 9.88 Å². The third-order valence-electron chi connectivity index (χ3n) is 7.48. The molecule has 1 N–H and O–H groups in total. The number of rotatable bonds is 2. The van der Waals surface area contributed by atoms with E-state index in [1.807, 2.05) is 35.2 Å². The number of hydrogen-bond donors (Lipinski definition) is 1. The normalized spacial score (nSPS) is 21.9. The molecular formula is C27H24ClFN4O2. The summed E-state index contributed by atoms with van der Waals surface area (Å²) >= 11 is 5.87. The topological polar surface area (TPSA) is 65.5 Å². The minimum absolute atomic E-state index is 0.0529. The van der Waals surface area contributed by atoms with Gasteiger partial charge in [0.25, 0.3) is 5.91 Å². The molecule has 1 spiro atoms. The molecular weight excluding hydrogens is 467 g/mol. The molecule has 1 fully saturated rings. The predicted octanol–water partition coefficient (Wildman–Crippen LogP) is 5.04. The van der Waals surface area contributed by atoms with Crippen LogP contribution in [0.1, 0.15) is 42.0 Å². The number of nitrogens with zero attached hydrogens (tertiary/aromatic N) is 3. The van der Waals surface area contributed by atoms with Gasteiger partial charge in [-0.1, -0.05) is 43.6 Å². The third kappa shape index (κ3) is 3.25. The van der Waals surface area contributed by atoms with Crippen molar-refractivity contribution in [2.75, 3.05) is 29.9 Å². The zero-order chi connectivity index (χ0) is 24.5. The van der Waals surface area contributed by atoms with Gasteiger partial charge in [0, 0.05) is 36.4 Å². The van der Waals surface area contributed by atoms with Crippen LogP contribution in [0.3, 0.4) is 0 Å². The maximum absolute atomic E-state index is 14.1. The lowest BCUT2D eigenvalue weighted by molar-refractivity contribution is -0.120. The molecule has 35 heavy (non-hydrogen) atoms. The number of halogens is 2. The van der Waals surface area contributed by atoms with Crippen molar-refractivity contribution in [3.8, 4) is 0 Å². The first-order valence-corrected chi connectivity index (χ1v) is 12.0. The average Bonchev–Trinajstić information content (AvgIpc) is 3.49. The van der Waals surface area contributed by atoms with Crippen LogP contribution in [0.15, 0.2) is 54.6 Å². The molecule has 2 aromatic carbocycles. The van der Waals surface area contributed by atoms with Gasteiger partial charge in [-0.3, -0.25) is 9.59 Å². The van der Waals surface area contributed by atoms with Gasteiger partial charge in [0.2, 0.25) is 5.91 Å². The van der Waals surface area contributed by atoms with Gasteiger partial charge in [-0.15, -0.1) is 0 Å².